The fraction of sp³-hybridized carbons (Fsp3) is 0.364. The second-order valence-electron chi connectivity index (χ2n) is 3.91. The molecule has 1 aromatic rings. The third kappa shape index (κ3) is 2.21. The van der Waals surface area contributed by atoms with Crippen LogP contribution in [-0.4, -0.2) is 11.2 Å². The summed E-state index contributed by atoms with van der Waals surface area (Å²) in [5.74, 6) is 0.465. The maximum Gasteiger partial charge on any atom is 0.238 e. The summed E-state index contributed by atoms with van der Waals surface area (Å²) in [6.45, 7) is 4.14. The van der Waals surface area contributed by atoms with Gasteiger partial charge in [0.25, 0.3) is 0 Å². The lowest BCUT2D eigenvalue weighted by Crippen LogP contribution is -2.32. The molecule has 2 nitrogen and oxygen atoms in total. The first kappa shape index (κ1) is 11.0. The zero-order valence-corrected chi connectivity index (χ0v) is 11.0. The van der Waals surface area contributed by atoms with Gasteiger partial charge in [0.2, 0.25) is 5.91 Å². The Morgan fingerprint density at radius 2 is 2.20 bits per heavy atom. The molecule has 0 aromatic heterocycles. The van der Waals surface area contributed by atoms with Gasteiger partial charge in [0.05, 0.1) is 10.9 Å². The number of amides is 1. The van der Waals surface area contributed by atoms with Crippen LogP contribution in [0.5, 0.6) is 0 Å². The average Bonchev–Trinajstić information content (AvgIpc) is 2.15. The average molecular weight is 286 g/mol. The molecule has 0 spiro atoms. The number of benzene rings is 1. The number of nitrogens with one attached hydrogen (secondary N) is 1. The van der Waals surface area contributed by atoms with Crippen LogP contribution in [0, 0.1) is 5.92 Å². The highest BCUT2D eigenvalue weighted by atomic mass is 79.9. The first-order chi connectivity index (χ1) is 7.08. The van der Waals surface area contributed by atoms with Crippen molar-refractivity contribution in [2.75, 3.05) is 5.32 Å². The first-order valence-corrected chi connectivity index (χ1v) is 6.52. The van der Waals surface area contributed by atoms with Crippen molar-refractivity contribution in [3.05, 3.63) is 22.7 Å². The summed E-state index contributed by atoms with van der Waals surface area (Å²) < 4.78 is 0.991. The molecule has 2 rings (SSSR count). The molecule has 1 N–H and O–H groups in total. The third-order valence-electron chi connectivity index (χ3n) is 2.32. The van der Waals surface area contributed by atoms with E-state index in [4.69, 9.17) is 0 Å². The summed E-state index contributed by atoms with van der Waals surface area (Å²) in [7, 11) is 0. The highest BCUT2D eigenvalue weighted by Gasteiger charge is 2.29. The first-order valence-electron chi connectivity index (χ1n) is 4.85. The van der Waals surface area contributed by atoms with Gasteiger partial charge in [-0.3, -0.25) is 4.79 Å². The van der Waals surface area contributed by atoms with Crippen LogP contribution in [-0.2, 0) is 4.79 Å². The Labute approximate surface area is 102 Å². The van der Waals surface area contributed by atoms with Crippen molar-refractivity contribution in [2.45, 2.75) is 24.0 Å². The molecule has 4 heteroatoms. The second kappa shape index (κ2) is 4.18. The Hall–Kier alpha value is -0.480. The molecule has 15 heavy (non-hydrogen) atoms. The molecule has 0 bridgehead atoms. The Morgan fingerprint density at radius 3 is 2.87 bits per heavy atom. The number of anilines is 1. The second-order valence-corrected chi connectivity index (χ2v) is 6.01. The van der Waals surface area contributed by atoms with Crippen LogP contribution in [0.4, 0.5) is 5.69 Å². The van der Waals surface area contributed by atoms with Gasteiger partial charge in [-0.25, -0.2) is 0 Å². The van der Waals surface area contributed by atoms with Gasteiger partial charge in [0.15, 0.2) is 0 Å². The third-order valence-corrected chi connectivity index (χ3v) is 4.43. The van der Waals surface area contributed by atoms with Gasteiger partial charge >= 0.3 is 0 Å². The van der Waals surface area contributed by atoms with Crippen molar-refractivity contribution in [3.63, 3.8) is 0 Å². The number of hydrogen-bond acceptors (Lipinski definition) is 2. The molecule has 0 fully saturated rings. The van der Waals surface area contributed by atoms with Gasteiger partial charge < -0.3 is 5.32 Å². The summed E-state index contributed by atoms with van der Waals surface area (Å²) in [5, 5.41) is 2.97. The molecule has 0 radical (unpaired) electrons. The maximum atomic E-state index is 11.8. The SMILES string of the molecule is CC(C)C1Sc2ccc(Br)cc2NC1=O. The number of rotatable bonds is 1. The van der Waals surface area contributed by atoms with E-state index in [9.17, 15) is 4.79 Å². The Kier molecular flexibility index (Phi) is 3.07. The summed E-state index contributed by atoms with van der Waals surface area (Å²) in [6, 6.07) is 5.98. The van der Waals surface area contributed by atoms with Crippen LogP contribution in [0.1, 0.15) is 13.8 Å². The molecule has 0 saturated heterocycles. The van der Waals surface area contributed by atoms with Crippen LogP contribution >= 0.6 is 27.7 Å². The number of hydrogen-bond donors (Lipinski definition) is 1. The zero-order chi connectivity index (χ0) is 11.0. The van der Waals surface area contributed by atoms with E-state index in [1.807, 2.05) is 18.2 Å². The monoisotopic (exact) mass is 285 g/mol. The largest absolute Gasteiger partial charge is 0.324 e. The molecule has 80 valence electrons. The van der Waals surface area contributed by atoms with E-state index in [1.54, 1.807) is 11.8 Å². The van der Waals surface area contributed by atoms with Crippen LogP contribution in [0.3, 0.4) is 0 Å². The standard InChI is InChI=1S/C11H12BrNOS/c1-6(2)10-11(14)13-8-5-7(12)3-4-9(8)15-10/h3-6,10H,1-2H3,(H,13,14). The normalized spacial score (nSPS) is 20.0. The minimum absolute atomic E-state index is 0.0266. The molecule has 1 amide bonds. The van der Waals surface area contributed by atoms with Crippen molar-refractivity contribution in [2.24, 2.45) is 5.92 Å². The lowest BCUT2D eigenvalue weighted by Gasteiger charge is -2.26. The van der Waals surface area contributed by atoms with Crippen molar-refractivity contribution in [1.29, 1.82) is 0 Å². The summed E-state index contributed by atoms with van der Waals surface area (Å²) in [4.78, 5) is 12.9. The van der Waals surface area contributed by atoms with E-state index in [0.29, 0.717) is 5.92 Å². The molecule has 1 heterocycles. The van der Waals surface area contributed by atoms with Gasteiger partial charge in [0.1, 0.15) is 0 Å². The Balaban J connectivity index is 2.34. The van der Waals surface area contributed by atoms with Gasteiger partial charge in [-0.1, -0.05) is 29.8 Å². The quantitative estimate of drug-likeness (QED) is 0.856. The fourth-order valence-electron chi connectivity index (χ4n) is 1.54. The highest BCUT2D eigenvalue weighted by molar-refractivity contribution is 9.10. The van der Waals surface area contributed by atoms with Crippen LogP contribution < -0.4 is 5.32 Å². The summed E-state index contributed by atoms with van der Waals surface area (Å²) >= 11 is 5.04. The molecule has 1 atom stereocenters. The van der Waals surface area contributed by atoms with E-state index < -0.39 is 0 Å². The van der Waals surface area contributed by atoms with Gasteiger partial charge in [-0.05, 0) is 24.1 Å². The molecule has 1 aliphatic rings. The van der Waals surface area contributed by atoms with Crippen molar-refractivity contribution < 1.29 is 4.79 Å². The van der Waals surface area contributed by atoms with Crippen molar-refractivity contribution in [3.8, 4) is 0 Å². The lowest BCUT2D eigenvalue weighted by atomic mass is 10.1. The molecule has 1 aliphatic heterocycles. The van der Waals surface area contributed by atoms with E-state index >= 15 is 0 Å². The zero-order valence-electron chi connectivity index (χ0n) is 8.58. The van der Waals surface area contributed by atoms with E-state index in [0.717, 1.165) is 15.1 Å². The number of fused-ring (bicyclic) bond motifs is 1. The smallest absolute Gasteiger partial charge is 0.238 e. The molecule has 0 saturated carbocycles. The molecule has 1 aromatic carbocycles. The number of thioether (sulfide) groups is 1. The predicted octanol–water partition coefficient (Wildman–Crippen LogP) is 3.52. The lowest BCUT2D eigenvalue weighted by molar-refractivity contribution is -0.116. The molecular formula is C11H12BrNOS. The maximum absolute atomic E-state index is 11.8. The van der Waals surface area contributed by atoms with E-state index in [2.05, 4.69) is 35.1 Å². The van der Waals surface area contributed by atoms with Crippen molar-refractivity contribution in [1.82, 2.24) is 0 Å². The van der Waals surface area contributed by atoms with Crippen LogP contribution in [0.2, 0.25) is 0 Å². The Morgan fingerprint density at radius 1 is 1.47 bits per heavy atom. The molecular weight excluding hydrogens is 274 g/mol. The Bertz CT molecular complexity index is 406. The van der Waals surface area contributed by atoms with Crippen LogP contribution in [0.25, 0.3) is 0 Å². The number of carbonyl (C=O) groups excluding carboxylic acids is 1. The fourth-order valence-corrected chi connectivity index (χ4v) is 2.99. The van der Waals surface area contributed by atoms with Gasteiger partial charge in [-0.2, -0.15) is 0 Å². The topological polar surface area (TPSA) is 29.1 Å². The van der Waals surface area contributed by atoms with Gasteiger partial charge in [0, 0.05) is 9.37 Å². The minimum Gasteiger partial charge on any atom is -0.324 e. The van der Waals surface area contributed by atoms with E-state index in [1.165, 1.54) is 0 Å². The number of carbonyl (C=O) groups is 1. The molecule has 1 unspecified atom stereocenters. The van der Waals surface area contributed by atoms with E-state index in [-0.39, 0.29) is 11.2 Å². The minimum atomic E-state index is 0.0266. The number of halogens is 1. The van der Waals surface area contributed by atoms with Crippen molar-refractivity contribution >= 4 is 39.3 Å². The van der Waals surface area contributed by atoms with Crippen LogP contribution in [0.15, 0.2) is 27.6 Å². The summed E-state index contributed by atoms with van der Waals surface area (Å²) in [5.41, 5.74) is 0.913. The highest BCUT2D eigenvalue weighted by Crippen LogP contribution is 2.39. The van der Waals surface area contributed by atoms with Gasteiger partial charge in [-0.15, -0.1) is 11.8 Å². The molecule has 0 aliphatic carbocycles. The predicted molar refractivity (Wildman–Crippen MR) is 67.3 cm³/mol. The summed E-state index contributed by atoms with van der Waals surface area (Å²) in [6.07, 6.45) is 0.